The molecule has 0 bridgehead atoms. The van der Waals surface area contributed by atoms with Gasteiger partial charge < -0.3 is 14.5 Å². The van der Waals surface area contributed by atoms with Gasteiger partial charge in [0.05, 0.1) is 12.8 Å². The Morgan fingerprint density at radius 2 is 2.07 bits per heavy atom. The first-order valence-corrected chi connectivity index (χ1v) is 10.0. The second-order valence-corrected chi connectivity index (χ2v) is 8.14. The molecule has 1 aromatic heterocycles. The molecule has 0 spiro atoms. The van der Waals surface area contributed by atoms with Crippen molar-refractivity contribution in [1.82, 2.24) is 14.9 Å². The lowest BCUT2D eigenvalue weighted by atomic mass is 9.89. The summed E-state index contributed by atoms with van der Waals surface area (Å²) in [4.78, 5) is 14.2. The van der Waals surface area contributed by atoms with Crippen molar-refractivity contribution < 1.29 is 4.74 Å². The average Bonchev–Trinajstić information content (AvgIpc) is 3.51. The van der Waals surface area contributed by atoms with Crippen molar-refractivity contribution in [2.45, 2.75) is 31.6 Å². The maximum Gasteiger partial charge on any atom is 0.225 e. The molecule has 1 unspecified atom stereocenters. The van der Waals surface area contributed by atoms with Crippen LogP contribution in [0.25, 0.3) is 11.1 Å². The number of anilines is 1. The summed E-state index contributed by atoms with van der Waals surface area (Å²) in [6.07, 6.45) is 7.26. The van der Waals surface area contributed by atoms with E-state index in [0.29, 0.717) is 5.92 Å². The predicted molar refractivity (Wildman–Crippen MR) is 109 cm³/mol. The Morgan fingerprint density at radius 3 is 2.81 bits per heavy atom. The monoisotopic (exact) mass is 366 g/mol. The minimum Gasteiger partial charge on any atom is -0.497 e. The third-order valence-corrected chi connectivity index (χ3v) is 5.69. The summed E-state index contributed by atoms with van der Waals surface area (Å²) in [5, 5.41) is 0. The van der Waals surface area contributed by atoms with Crippen molar-refractivity contribution in [3.63, 3.8) is 0 Å². The zero-order chi connectivity index (χ0) is 18.8. The molecule has 2 aromatic rings. The standard InChI is InChI=1S/C22H30N4O/c1-25(2)22-23-13-20(17-6-4-8-19(12-17)27-3)21(24-22)18-7-5-11-26(15-18)14-16-9-10-16/h4,6,8,12-13,16,18H,5,7,9-11,14-15H2,1-3H3. The summed E-state index contributed by atoms with van der Waals surface area (Å²) in [6, 6.07) is 8.24. The fourth-order valence-corrected chi connectivity index (χ4v) is 4.04. The van der Waals surface area contributed by atoms with Crippen LogP contribution in [0.4, 0.5) is 5.95 Å². The molecule has 2 fully saturated rings. The Morgan fingerprint density at radius 1 is 1.22 bits per heavy atom. The molecule has 2 heterocycles. The Hall–Kier alpha value is -2.14. The van der Waals surface area contributed by atoms with E-state index >= 15 is 0 Å². The second-order valence-electron chi connectivity index (χ2n) is 8.14. The van der Waals surface area contributed by atoms with Crippen molar-refractivity contribution in [1.29, 1.82) is 0 Å². The summed E-state index contributed by atoms with van der Waals surface area (Å²) in [5.74, 6) is 3.05. The number of hydrogen-bond donors (Lipinski definition) is 0. The summed E-state index contributed by atoms with van der Waals surface area (Å²) in [6.45, 7) is 3.60. The summed E-state index contributed by atoms with van der Waals surface area (Å²) in [5.41, 5.74) is 3.45. The highest BCUT2D eigenvalue weighted by molar-refractivity contribution is 5.68. The lowest BCUT2D eigenvalue weighted by Gasteiger charge is -2.33. The Balaban J connectivity index is 1.68. The van der Waals surface area contributed by atoms with Crippen molar-refractivity contribution in [2.75, 3.05) is 45.7 Å². The SMILES string of the molecule is COc1cccc(-c2cnc(N(C)C)nc2C2CCCN(CC3CC3)C2)c1. The molecule has 27 heavy (non-hydrogen) atoms. The fourth-order valence-electron chi connectivity index (χ4n) is 4.04. The maximum absolute atomic E-state index is 5.43. The van der Waals surface area contributed by atoms with Crippen molar-refractivity contribution in [3.8, 4) is 16.9 Å². The molecule has 5 nitrogen and oxygen atoms in total. The van der Waals surface area contributed by atoms with Crippen molar-refractivity contribution in [3.05, 3.63) is 36.2 Å². The maximum atomic E-state index is 5.43. The van der Waals surface area contributed by atoms with Gasteiger partial charge in [0.15, 0.2) is 0 Å². The highest BCUT2D eigenvalue weighted by Gasteiger charge is 2.30. The normalized spacial score (nSPS) is 20.5. The van der Waals surface area contributed by atoms with Gasteiger partial charge in [0.25, 0.3) is 0 Å². The van der Waals surface area contributed by atoms with Crippen LogP contribution in [-0.2, 0) is 0 Å². The first-order chi connectivity index (χ1) is 13.1. The number of likely N-dealkylation sites (tertiary alicyclic amines) is 1. The summed E-state index contributed by atoms with van der Waals surface area (Å²) < 4.78 is 5.43. The van der Waals surface area contributed by atoms with Crippen LogP contribution in [0.5, 0.6) is 5.75 Å². The van der Waals surface area contributed by atoms with Gasteiger partial charge in [-0.25, -0.2) is 9.97 Å². The quantitative estimate of drug-likeness (QED) is 0.778. The second kappa shape index (κ2) is 7.85. The lowest BCUT2D eigenvalue weighted by Crippen LogP contribution is -2.36. The molecule has 1 saturated heterocycles. The largest absolute Gasteiger partial charge is 0.497 e. The predicted octanol–water partition coefficient (Wildman–Crippen LogP) is 3.81. The van der Waals surface area contributed by atoms with Crippen LogP contribution in [0.1, 0.15) is 37.3 Å². The molecule has 1 aliphatic carbocycles. The minimum atomic E-state index is 0.459. The number of nitrogens with zero attached hydrogens (tertiary/aromatic N) is 4. The summed E-state index contributed by atoms with van der Waals surface area (Å²) >= 11 is 0. The molecule has 0 amide bonds. The number of ether oxygens (including phenoxy) is 1. The van der Waals surface area contributed by atoms with E-state index in [1.165, 1.54) is 44.5 Å². The van der Waals surface area contributed by atoms with E-state index in [1.54, 1.807) is 7.11 Å². The number of methoxy groups -OCH3 is 1. The fraction of sp³-hybridized carbons (Fsp3) is 0.545. The topological polar surface area (TPSA) is 41.5 Å². The van der Waals surface area contributed by atoms with Crippen LogP contribution in [0, 0.1) is 5.92 Å². The van der Waals surface area contributed by atoms with Crippen LogP contribution in [-0.4, -0.2) is 55.7 Å². The molecular weight excluding hydrogens is 336 g/mol. The molecule has 0 radical (unpaired) electrons. The van der Waals surface area contributed by atoms with E-state index in [4.69, 9.17) is 9.72 Å². The molecule has 1 atom stereocenters. The van der Waals surface area contributed by atoms with Crippen LogP contribution >= 0.6 is 0 Å². The van der Waals surface area contributed by atoms with Crippen molar-refractivity contribution >= 4 is 5.95 Å². The third-order valence-electron chi connectivity index (χ3n) is 5.69. The average molecular weight is 367 g/mol. The Kier molecular flexibility index (Phi) is 5.30. The van der Waals surface area contributed by atoms with Gasteiger partial charge in [-0.1, -0.05) is 12.1 Å². The molecule has 1 aromatic carbocycles. The number of benzene rings is 1. The number of hydrogen-bond acceptors (Lipinski definition) is 5. The van der Waals surface area contributed by atoms with E-state index in [2.05, 4.69) is 22.0 Å². The van der Waals surface area contributed by atoms with Crippen LogP contribution in [0.2, 0.25) is 0 Å². The number of piperidine rings is 1. The molecule has 5 heteroatoms. The molecule has 1 aliphatic heterocycles. The number of aromatic nitrogens is 2. The zero-order valence-electron chi connectivity index (χ0n) is 16.7. The van der Waals surface area contributed by atoms with Gasteiger partial charge >= 0.3 is 0 Å². The van der Waals surface area contributed by atoms with Crippen molar-refractivity contribution in [2.24, 2.45) is 5.92 Å². The smallest absolute Gasteiger partial charge is 0.225 e. The van der Waals surface area contributed by atoms with E-state index in [9.17, 15) is 0 Å². The van der Waals surface area contributed by atoms with Gasteiger partial charge in [0.1, 0.15) is 5.75 Å². The minimum absolute atomic E-state index is 0.459. The molecule has 1 saturated carbocycles. The third kappa shape index (κ3) is 4.24. The molecular formula is C22H30N4O. The lowest BCUT2D eigenvalue weighted by molar-refractivity contribution is 0.199. The number of rotatable bonds is 6. The van der Waals surface area contributed by atoms with E-state index in [1.807, 2.05) is 37.3 Å². The van der Waals surface area contributed by atoms with Gasteiger partial charge in [-0.2, -0.15) is 0 Å². The van der Waals surface area contributed by atoms with Gasteiger partial charge in [-0.05, 0) is 55.8 Å². The van der Waals surface area contributed by atoms with Gasteiger partial charge in [-0.3, -0.25) is 0 Å². The van der Waals surface area contributed by atoms with Crippen LogP contribution in [0.15, 0.2) is 30.5 Å². The highest BCUT2D eigenvalue weighted by atomic mass is 16.5. The van der Waals surface area contributed by atoms with E-state index in [-0.39, 0.29) is 0 Å². The molecule has 0 N–H and O–H groups in total. The molecule has 4 rings (SSSR count). The Labute approximate surface area is 162 Å². The first kappa shape index (κ1) is 18.2. The van der Waals surface area contributed by atoms with Gasteiger partial charge in [-0.15, -0.1) is 0 Å². The highest BCUT2D eigenvalue weighted by Crippen LogP contribution is 2.37. The Bertz CT molecular complexity index is 788. The van der Waals surface area contributed by atoms with Gasteiger partial charge in [0.2, 0.25) is 5.95 Å². The van der Waals surface area contributed by atoms with E-state index < -0.39 is 0 Å². The molecule has 144 valence electrons. The zero-order valence-corrected chi connectivity index (χ0v) is 16.7. The van der Waals surface area contributed by atoms with E-state index in [0.717, 1.165) is 35.3 Å². The van der Waals surface area contributed by atoms with Crippen LogP contribution < -0.4 is 9.64 Å². The summed E-state index contributed by atoms with van der Waals surface area (Å²) in [7, 11) is 5.72. The molecule has 2 aliphatic rings. The first-order valence-electron chi connectivity index (χ1n) is 10.0. The van der Waals surface area contributed by atoms with Gasteiger partial charge in [0, 0.05) is 44.9 Å². The van der Waals surface area contributed by atoms with Crippen LogP contribution in [0.3, 0.4) is 0 Å².